The predicted octanol–water partition coefficient (Wildman–Crippen LogP) is 6.16. The van der Waals surface area contributed by atoms with Gasteiger partial charge in [0.2, 0.25) is 0 Å². The van der Waals surface area contributed by atoms with E-state index in [2.05, 4.69) is 37.8 Å². The zero-order valence-corrected chi connectivity index (χ0v) is 15.8. The molecule has 1 aromatic rings. The van der Waals surface area contributed by atoms with Gasteiger partial charge in [0.1, 0.15) is 0 Å². The Morgan fingerprint density at radius 2 is 1.57 bits per heavy atom. The van der Waals surface area contributed by atoms with E-state index in [0.29, 0.717) is 10.8 Å². The van der Waals surface area contributed by atoms with Crippen LogP contribution >= 0.6 is 11.6 Å². The Morgan fingerprint density at radius 1 is 1.00 bits per heavy atom. The lowest BCUT2D eigenvalue weighted by Gasteiger charge is -2.48. The minimum Gasteiger partial charge on any atom is -0.299 e. The zero-order chi connectivity index (χ0) is 16.5. The molecule has 1 aliphatic carbocycles. The maximum atomic E-state index is 5.98. The van der Waals surface area contributed by atoms with Gasteiger partial charge in [0.15, 0.2) is 0 Å². The van der Waals surface area contributed by atoms with Gasteiger partial charge >= 0.3 is 0 Å². The molecule has 2 aliphatic rings. The molecule has 23 heavy (non-hydrogen) atoms. The van der Waals surface area contributed by atoms with Crippen LogP contribution in [0, 0.1) is 16.7 Å². The molecule has 1 nitrogen and oxygen atoms in total. The van der Waals surface area contributed by atoms with Gasteiger partial charge in [-0.25, -0.2) is 0 Å². The van der Waals surface area contributed by atoms with E-state index >= 15 is 0 Å². The van der Waals surface area contributed by atoms with Gasteiger partial charge in [-0.05, 0) is 86.1 Å². The highest BCUT2D eigenvalue weighted by Crippen LogP contribution is 2.50. The van der Waals surface area contributed by atoms with E-state index in [1.54, 1.807) is 0 Å². The number of hydrogen-bond acceptors (Lipinski definition) is 1. The number of halogens is 1. The summed E-state index contributed by atoms with van der Waals surface area (Å²) in [4.78, 5) is 2.63. The number of likely N-dealkylation sites (tertiary alicyclic amines) is 1. The van der Waals surface area contributed by atoms with Gasteiger partial charge in [-0.1, -0.05) is 44.5 Å². The summed E-state index contributed by atoms with van der Waals surface area (Å²) >= 11 is 5.98. The minimum absolute atomic E-state index is 0.497. The first-order valence-electron chi connectivity index (χ1n) is 9.33. The predicted molar refractivity (Wildman–Crippen MR) is 99.8 cm³/mol. The Balaban J connectivity index is 1.50. The second kappa shape index (κ2) is 6.76. The van der Waals surface area contributed by atoms with Crippen LogP contribution in [0.1, 0.15) is 64.9 Å². The molecule has 1 aliphatic heterocycles. The van der Waals surface area contributed by atoms with Crippen LogP contribution in [0.25, 0.3) is 0 Å². The molecule has 0 aromatic heterocycles. The molecule has 0 radical (unpaired) electrons. The highest BCUT2D eigenvalue weighted by molar-refractivity contribution is 6.30. The molecule has 2 fully saturated rings. The van der Waals surface area contributed by atoms with Crippen molar-refractivity contribution in [3.8, 4) is 0 Å². The molecular formula is C21H32ClN. The normalized spacial score (nSPS) is 23.3. The molecule has 1 aromatic carbocycles. The maximum Gasteiger partial charge on any atom is 0.0406 e. The summed E-state index contributed by atoms with van der Waals surface area (Å²) in [6, 6.07) is 8.36. The third-order valence-electron chi connectivity index (χ3n) is 6.51. The van der Waals surface area contributed by atoms with Gasteiger partial charge < -0.3 is 0 Å². The first kappa shape index (κ1) is 17.3. The smallest absolute Gasteiger partial charge is 0.0406 e. The van der Waals surface area contributed by atoms with Crippen molar-refractivity contribution in [3.05, 3.63) is 34.9 Å². The first-order valence-corrected chi connectivity index (χ1v) is 9.71. The third-order valence-corrected chi connectivity index (χ3v) is 6.76. The molecule has 0 bridgehead atoms. The molecule has 0 unspecified atom stereocenters. The molecule has 1 saturated heterocycles. The Labute approximate surface area is 147 Å². The summed E-state index contributed by atoms with van der Waals surface area (Å²) in [7, 11) is 0. The van der Waals surface area contributed by atoms with Crippen molar-refractivity contribution in [2.75, 3.05) is 13.1 Å². The van der Waals surface area contributed by atoms with Crippen LogP contribution in [0.15, 0.2) is 24.3 Å². The monoisotopic (exact) mass is 333 g/mol. The lowest BCUT2D eigenvalue weighted by atomic mass is 9.61. The SMILES string of the molecule is CC(C)(C)C1CCC2(CC1)CCN(Cc1ccc(Cl)cc1)CC2. The van der Waals surface area contributed by atoms with Crippen molar-refractivity contribution in [2.45, 2.75) is 65.8 Å². The third kappa shape index (κ3) is 4.31. The minimum atomic E-state index is 0.497. The van der Waals surface area contributed by atoms with Crippen LogP contribution in [0.5, 0.6) is 0 Å². The van der Waals surface area contributed by atoms with E-state index in [-0.39, 0.29) is 0 Å². The molecule has 0 amide bonds. The van der Waals surface area contributed by atoms with E-state index < -0.39 is 0 Å². The highest BCUT2D eigenvalue weighted by atomic mass is 35.5. The fraction of sp³-hybridized carbons (Fsp3) is 0.714. The lowest BCUT2D eigenvalue weighted by Crippen LogP contribution is -2.42. The number of benzene rings is 1. The molecule has 1 saturated carbocycles. The van der Waals surface area contributed by atoms with Crippen molar-refractivity contribution in [1.82, 2.24) is 4.90 Å². The average molecular weight is 334 g/mol. The van der Waals surface area contributed by atoms with Crippen LogP contribution in [0.2, 0.25) is 5.02 Å². The fourth-order valence-electron chi connectivity index (χ4n) is 4.63. The molecule has 0 N–H and O–H groups in total. The largest absolute Gasteiger partial charge is 0.299 e. The summed E-state index contributed by atoms with van der Waals surface area (Å²) in [6.07, 6.45) is 8.61. The topological polar surface area (TPSA) is 3.24 Å². The number of hydrogen-bond donors (Lipinski definition) is 0. The second-order valence-corrected chi connectivity index (χ2v) is 9.48. The zero-order valence-electron chi connectivity index (χ0n) is 15.1. The van der Waals surface area contributed by atoms with Crippen LogP contribution in [0.3, 0.4) is 0 Å². The summed E-state index contributed by atoms with van der Waals surface area (Å²) in [5.41, 5.74) is 2.55. The molecule has 1 spiro atoms. The Morgan fingerprint density at radius 3 is 2.09 bits per heavy atom. The Bertz CT molecular complexity index is 496. The lowest BCUT2D eigenvalue weighted by molar-refractivity contribution is 0.0264. The van der Waals surface area contributed by atoms with Gasteiger partial charge in [0.05, 0.1) is 0 Å². The maximum absolute atomic E-state index is 5.98. The van der Waals surface area contributed by atoms with Gasteiger partial charge in [0, 0.05) is 11.6 Å². The van der Waals surface area contributed by atoms with Crippen LogP contribution in [0.4, 0.5) is 0 Å². The van der Waals surface area contributed by atoms with Crippen molar-refractivity contribution in [3.63, 3.8) is 0 Å². The Kier molecular flexibility index (Phi) is 5.09. The van der Waals surface area contributed by atoms with Crippen molar-refractivity contribution in [2.24, 2.45) is 16.7 Å². The van der Waals surface area contributed by atoms with Crippen LogP contribution in [-0.2, 0) is 6.54 Å². The van der Waals surface area contributed by atoms with Gasteiger partial charge in [-0.2, -0.15) is 0 Å². The number of piperidine rings is 1. The summed E-state index contributed by atoms with van der Waals surface area (Å²) in [5, 5.41) is 0.835. The average Bonchev–Trinajstić information content (AvgIpc) is 2.52. The van der Waals surface area contributed by atoms with Crippen molar-refractivity contribution in [1.29, 1.82) is 0 Å². The van der Waals surface area contributed by atoms with Crippen molar-refractivity contribution >= 4 is 11.6 Å². The first-order chi connectivity index (χ1) is 10.9. The van der Waals surface area contributed by atoms with E-state index in [1.807, 2.05) is 12.1 Å². The highest BCUT2D eigenvalue weighted by Gasteiger charge is 2.40. The second-order valence-electron chi connectivity index (χ2n) is 9.04. The fourth-order valence-corrected chi connectivity index (χ4v) is 4.76. The summed E-state index contributed by atoms with van der Waals surface area (Å²) < 4.78 is 0. The summed E-state index contributed by atoms with van der Waals surface area (Å²) in [6.45, 7) is 10.9. The number of rotatable bonds is 2. The van der Waals surface area contributed by atoms with Crippen LogP contribution in [-0.4, -0.2) is 18.0 Å². The molecule has 0 atom stereocenters. The van der Waals surface area contributed by atoms with E-state index in [0.717, 1.165) is 17.5 Å². The van der Waals surface area contributed by atoms with E-state index in [1.165, 1.54) is 57.2 Å². The summed E-state index contributed by atoms with van der Waals surface area (Å²) in [5.74, 6) is 0.931. The molecule has 2 heteroatoms. The standard InChI is InChI=1S/C21H32ClN/c1-20(2,3)18-8-10-21(11-9-18)12-14-23(15-13-21)16-17-4-6-19(22)7-5-17/h4-7,18H,8-16H2,1-3H3. The van der Waals surface area contributed by atoms with Crippen LogP contribution < -0.4 is 0 Å². The Hall–Kier alpha value is -0.530. The van der Waals surface area contributed by atoms with Gasteiger partial charge in [-0.3, -0.25) is 4.90 Å². The quantitative estimate of drug-likeness (QED) is 0.626. The molecule has 3 rings (SSSR count). The molecular weight excluding hydrogens is 302 g/mol. The van der Waals surface area contributed by atoms with Gasteiger partial charge in [0.25, 0.3) is 0 Å². The number of nitrogens with zero attached hydrogens (tertiary/aromatic N) is 1. The van der Waals surface area contributed by atoms with E-state index in [4.69, 9.17) is 11.6 Å². The van der Waals surface area contributed by atoms with Gasteiger partial charge in [-0.15, -0.1) is 0 Å². The molecule has 1 heterocycles. The van der Waals surface area contributed by atoms with Crippen molar-refractivity contribution < 1.29 is 0 Å². The van der Waals surface area contributed by atoms with E-state index in [9.17, 15) is 0 Å². The molecule has 128 valence electrons.